The molecule has 0 heterocycles. The van der Waals surface area contributed by atoms with Gasteiger partial charge in [-0.25, -0.2) is 0 Å². The van der Waals surface area contributed by atoms with Crippen LogP contribution in [0.3, 0.4) is 0 Å². The van der Waals surface area contributed by atoms with Crippen LogP contribution in [-0.4, -0.2) is 46.9 Å². The van der Waals surface area contributed by atoms with Gasteiger partial charge in [0.25, 0.3) is 0 Å². The van der Waals surface area contributed by atoms with Crippen molar-refractivity contribution >= 4 is 11.9 Å². The van der Waals surface area contributed by atoms with Gasteiger partial charge in [-0.15, -0.1) is 0 Å². The van der Waals surface area contributed by atoms with E-state index < -0.39 is 18.2 Å². The first kappa shape index (κ1) is 54.5. The van der Waals surface area contributed by atoms with Crippen LogP contribution in [0.2, 0.25) is 0 Å². The van der Waals surface area contributed by atoms with Crippen molar-refractivity contribution in [1.82, 2.24) is 5.32 Å². The summed E-state index contributed by atoms with van der Waals surface area (Å²) in [5.41, 5.74) is 0. The Balaban J connectivity index is 4.87. The van der Waals surface area contributed by atoms with Crippen molar-refractivity contribution in [2.24, 2.45) is 0 Å². The van der Waals surface area contributed by atoms with E-state index in [9.17, 15) is 19.8 Å². The number of rotatable bonds is 39. The van der Waals surface area contributed by atoms with Crippen LogP contribution in [0.5, 0.6) is 0 Å². The minimum Gasteiger partial charge on any atom is -0.461 e. The number of nitrogens with one attached hydrogen (secondary N) is 1. The average Bonchev–Trinajstić information content (AvgIpc) is 3.22. The molecule has 0 aromatic carbocycles. The minimum absolute atomic E-state index is 0.0231. The maximum atomic E-state index is 13.1. The summed E-state index contributed by atoms with van der Waals surface area (Å²) in [5, 5.41) is 23.5. The number of esters is 1. The van der Waals surface area contributed by atoms with Crippen LogP contribution in [0.15, 0.2) is 109 Å². The van der Waals surface area contributed by atoms with Gasteiger partial charge >= 0.3 is 5.97 Å². The Bertz CT molecular complexity index is 1220. The monoisotopic (exact) mass is 804 g/mol. The number of carbonyl (C=O) groups is 2. The fourth-order valence-electron chi connectivity index (χ4n) is 6.19. The molecule has 58 heavy (non-hydrogen) atoms. The number of aliphatic hydroxyl groups is 2. The maximum Gasteiger partial charge on any atom is 0.306 e. The highest BCUT2D eigenvalue weighted by molar-refractivity contribution is 5.77. The van der Waals surface area contributed by atoms with E-state index in [2.05, 4.69) is 74.7 Å². The summed E-state index contributed by atoms with van der Waals surface area (Å²) in [5.74, 6) is -0.641. The van der Waals surface area contributed by atoms with E-state index in [1.54, 1.807) is 0 Å². The largest absolute Gasteiger partial charge is 0.461 e. The number of ether oxygens (including phenoxy) is 1. The SMILES string of the molecule is CC/C=C/C=C/C=C\C=C/C=C/CCCCCC(=O)OC(C/C=C\C/C=C\C/C=C\C/C=C\CCCCC)CC(=O)NC(CO)C(O)CCCCCCCCCCC. The van der Waals surface area contributed by atoms with Gasteiger partial charge < -0.3 is 20.3 Å². The van der Waals surface area contributed by atoms with E-state index in [1.807, 2.05) is 60.8 Å². The summed E-state index contributed by atoms with van der Waals surface area (Å²) < 4.78 is 5.82. The number of carbonyl (C=O) groups excluding carboxylic acids is 2. The summed E-state index contributed by atoms with van der Waals surface area (Å²) in [6, 6.07) is -0.745. The van der Waals surface area contributed by atoms with Crippen LogP contribution in [0.1, 0.15) is 181 Å². The first-order chi connectivity index (χ1) is 28.5. The van der Waals surface area contributed by atoms with E-state index in [-0.39, 0.29) is 24.9 Å². The topological polar surface area (TPSA) is 95.9 Å². The fraction of sp³-hybridized carbons (Fsp3) is 0.615. The van der Waals surface area contributed by atoms with Crippen molar-refractivity contribution in [3.63, 3.8) is 0 Å². The highest BCUT2D eigenvalue weighted by Gasteiger charge is 2.23. The number of hydrogen-bond acceptors (Lipinski definition) is 5. The first-order valence-electron chi connectivity index (χ1n) is 23.2. The number of hydrogen-bond donors (Lipinski definition) is 3. The lowest BCUT2D eigenvalue weighted by Gasteiger charge is -2.24. The van der Waals surface area contributed by atoms with Gasteiger partial charge in [-0.2, -0.15) is 0 Å². The molecule has 328 valence electrons. The number of amides is 1. The molecule has 0 aliphatic carbocycles. The first-order valence-corrected chi connectivity index (χ1v) is 23.2. The summed E-state index contributed by atoms with van der Waals surface area (Å²) in [7, 11) is 0. The Kier molecular flexibility index (Phi) is 41.9. The average molecular weight is 804 g/mol. The molecule has 0 aliphatic rings. The van der Waals surface area contributed by atoms with Gasteiger partial charge in [-0.05, 0) is 64.2 Å². The zero-order valence-electron chi connectivity index (χ0n) is 37.1. The Hall–Kier alpha value is -3.48. The van der Waals surface area contributed by atoms with E-state index in [4.69, 9.17) is 4.74 Å². The van der Waals surface area contributed by atoms with E-state index >= 15 is 0 Å². The molecule has 0 fully saturated rings. The minimum atomic E-state index is -0.823. The summed E-state index contributed by atoms with van der Waals surface area (Å²) in [6.07, 6.45) is 60.2. The molecule has 3 unspecified atom stereocenters. The molecule has 1 amide bonds. The second-order valence-corrected chi connectivity index (χ2v) is 15.2. The third kappa shape index (κ3) is 39.4. The van der Waals surface area contributed by atoms with Crippen LogP contribution in [0, 0.1) is 0 Å². The summed E-state index contributed by atoms with van der Waals surface area (Å²) >= 11 is 0. The second kappa shape index (κ2) is 44.6. The molecule has 3 N–H and O–H groups in total. The predicted octanol–water partition coefficient (Wildman–Crippen LogP) is 13.6. The maximum absolute atomic E-state index is 13.1. The van der Waals surface area contributed by atoms with Crippen molar-refractivity contribution in [2.45, 2.75) is 200 Å². The molecule has 3 atom stereocenters. The third-order valence-electron chi connectivity index (χ3n) is 9.72. The summed E-state index contributed by atoms with van der Waals surface area (Å²) in [6.45, 7) is 6.22. The zero-order valence-corrected chi connectivity index (χ0v) is 37.1. The molecule has 0 bridgehead atoms. The fourth-order valence-corrected chi connectivity index (χ4v) is 6.19. The Morgan fingerprint density at radius 3 is 1.64 bits per heavy atom. The lowest BCUT2D eigenvalue weighted by atomic mass is 10.0. The van der Waals surface area contributed by atoms with Crippen LogP contribution in [0.25, 0.3) is 0 Å². The number of aliphatic hydroxyl groups excluding tert-OH is 2. The van der Waals surface area contributed by atoms with Gasteiger partial charge in [0.05, 0.1) is 25.2 Å². The smallest absolute Gasteiger partial charge is 0.306 e. The highest BCUT2D eigenvalue weighted by Crippen LogP contribution is 2.14. The normalized spacial score (nSPS) is 14.4. The van der Waals surface area contributed by atoms with Crippen LogP contribution in [-0.2, 0) is 14.3 Å². The molecule has 0 aromatic rings. The van der Waals surface area contributed by atoms with Gasteiger partial charge in [-0.1, -0.05) is 207 Å². The van der Waals surface area contributed by atoms with Crippen molar-refractivity contribution < 1.29 is 24.5 Å². The molecule has 0 rings (SSSR count). The third-order valence-corrected chi connectivity index (χ3v) is 9.72. The van der Waals surface area contributed by atoms with Crippen molar-refractivity contribution in [3.05, 3.63) is 109 Å². The van der Waals surface area contributed by atoms with E-state index in [1.165, 1.54) is 57.8 Å². The summed E-state index contributed by atoms with van der Waals surface area (Å²) in [4.78, 5) is 26.0. The number of allylic oxidation sites excluding steroid dienone is 17. The molecule has 0 saturated heterocycles. The highest BCUT2D eigenvalue weighted by atomic mass is 16.5. The van der Waals surface area contributed by atoms with Crippen molar-refractivity contribution in [3.8, 4) is 0 Å². The van der Waals surface area contributed by atoms with Crippen molar-refractivity contribution in [1.29, 1.82) is 0 Å². The van der Waals surface area contributed by atoms with Crippen LogP contribution in [0.4, 0.5) is 0 Å². The van der Waals surface area contributed by atoms with Crippen molar-refractivity contribution in [2.75, 3.05) is 6.61 Å². The molecule has 6 heteroatoms. The van der Waals surface area contributed by atoms with Crippen LogP contribution >= 0.6 is 0 Å². The Morgan fingerprint density at radius 2 is 1.03 bits per heavy atom. The Morgan fingerprint density at radius 1 is 0.552 bits per heavy atom. The predicted molar refractivity (Wildman–Crippen MR) is 250 cm³/mol. The van der Waals surface area contributed by atoms with Gasteiger partial charge in [0.15, 0.2) is 0 Å². The lowest BCUT2D eigenvalue weighted by molar-refractivity contribution is -0.150. The quantitative estimate of drug-likeness (QED) is 0.0249. The molecule has 0 spiro atoms. The van der Waals surface area contributed by atoms with E-state index in [0.717, 1.165) is 77.0 Å². The molecule has 0 radical (unpaired) electrons. The van der Waals surface area contributed by atoms with Gasteiger partial charge in [-0.3, -0.25) is 9.59 Å². The molecule has 0 saturated carbocycles. The van der Waals surface area contributed by atoms with Gasteiger partial charge in [0, 0.05) is 12.8 Å². The Labute approximate surface area is 356 Å². The number of unbranched alkanes of at least 4 members (excludes halogenated alkanes) is 14. The van der Waals surface area contributed by atoms with E-state index in [0.29, 0.717) is 19.3 Å². The standard InChI is InChI=1S/C52H85NO5/c1-4-7-10-13-16-19-21-23-25-27-29-32-34-37-40-43-48(46-51(56)53-49(47-54)50(55)44-41-38-35-31-18-15-12-9-6-3)58-52(57)45-42-39-36-33-30-28-26-24-22-20-17-14-11-8-5-2/h8,11,14,16-17,19-20,22-26,28-30,32,37,40,48-50,54-55H,4-7,9-10,12-13,15,18,21,27,31,33-36,38-39,41-47H2,1-3H3,(H,53,56)/b11-8+,17-14+,19-16-,22-20-,25-23-,26-24-,30-28+,32-29-,40-37-. The van der Waals surface area contributed by atoms with Gasteiger partial charge in [0.2, 0.25) is 5.91 Å². The zero-order chi connectivity index (χ0) is 42.4. The molecular formula is C52H85NO5. The molecule has 6 nitrogen and oxygen atoms in total. The second-order valence-electron chi connectivity index (χ2n) is 15.2. The molecular weight excluding hydrogens is 719 g/mol. The van der Waals surface area contributed by atoms with Crippen LogP contribution < -0.4 is 5.32 Å². The van der Waals surface area contributed by atoms with Gasteiger partial charge in [0.1, 0.15) is 6.10 Å². The lowest BCUT2D eigenvalue weighted by Crippen LogP contribution is -2.46. The molecule has 0 aliphatic heterocycles. The molecule has 0 aromatic heterocycles.